The van der Waals surface area contributed by atoms with E-state index in [2.05, 4.69) is 5.32 Å². The highest BCUT2D eigenvalue weighted by Gasteiger charge is 2.13. The van der Waals surface area contributed by atoms with Crippen molar-refractivity contribution >= 4 is 5.91 Å². The summed E-state index contributed by atoms with van der Waals surface area (Å²) in [6.07, 6.45) is 7.93. The average molecular weight is 198 g/mol. The molecule has 0 aromatic rings. The smallest absolute Gasteiger partial charge is 0.236 e. The largest absolute Gasteiger partial charge is 0.355 e. The molecular formula is C11H22N2O. The average Bonchev–Trinajstić information content (AvgIpc) is 2.19. The molecule has 1 saturated carbocycles. The predicted molar refractivity (Wildman–Crippen MR) is 57.9 cm³/mol. The number of hydrogen-bond acceptors (Lipinski definition) is 2. The molecule has 0 aromatic heterocycles. The van der Waals surface area contributed by atoms with Gasteiger partial charge in [-0.15, -0.1) is 0 Å². The molecule has 1 atom stereocenters. The molecule has 82 valence electrons. The van der Waals surface area contributed by atoms with E-state index < -0.39 is 0 Å². The van der Waals surface area contributed by atoms with Gasteiger partial charge in [-0.1, -0.05) is 32.1 Å². The third-order valence-corrected chi connectivity index (χ3v) is 2.99. The molecule has 3 nitrogen and oxygen atoms in total. The summed E-state index contributed by atoms with van der Waals surface area (Å²) in [4.78, 5) is 11.1. The van der Waals surface area contributed by atoms with Gasteiger partial charge in [-0.3, -0.25) is 4.79 Å². The van der Waals surface area contributed by atoms with Crippen molar-refractivity contribution < 1.29 is 4.79 Å². The fourth-order valence-electron chi connectivity index (χ4n) is 2.04. The van der Waals surface area contributed by atoms with Crippen LogP contribution in [0.5, 0.6) is 0 Å². The Balaban J connectivity index is 2.05. The van der Waals surface area contributed by atoms with E-state index in [0.717, 1.165) is 18.9 Å². The van der Waals surface area contributed by atoms with E-state index in [1.54, 1.807) is 6.92 Å². The summed E-state index contributed by atoms with van der Waals surface area (Å²) < 4.78 is 0. The molecule has 0 unspecified atom stereocenters. The van der Waals surface area contributed by atoms with E-state index in [1.165, 1.54) is 32.1 Å². The van der Waals surface area contributed by atoms with Crippen LogP contribution >= 0.6 is 0 Å². The van der Waals surface area contributed by atoms with Crippen LogP contribution in [0.15, 0.2) is 0 Å². The standard InChI is InChI=1S/C11H22N2O/c1-9(12)11(14)13-8-7-10-5-3-2-4-6-10/h9-10H,2-8,12H2,1H3,(H,13,14)/t9-/m1/s1. The van der Waals surface area contributed by atoms with Gasteiger partial charge in [0.1, 0.15) is 0 Å². The normalized spacial score (nSPS) is 20.4. The maximum Gasteiger partial charge on any atom is 0.236 e. The van der Waals surface area contributed by atoms with Crippen LogP contribution < -0.4 is 11.1 Å². The zero-order valence-electron chi connectivity index (χ0n) is 9.09. The minimum atomic E-state index is -0.374. The van der Waals surface area contributed by atoms with Gasteiger partial charge in [0.15, 0.2) is 0 Å². The number of nitrogens with two attached hydrogens (primary N) is 1. The summed E-state index contributed by atoms with van der Waals surface area (Å²) in [5.74, 6) is 0.804. The maximum atomic E-state index is 11.1. The fraction of sp³-hybridized carbons (Fsp3) is 0.909. The molecule has 14 heavy (non-hydrogen) atoms. The first kappa shape index (κ1) is 11.5. The second-order valence-electron chi connectivity index (χ2n) is 4.37. The Labute approximate surface area is 86.4 Å². The van der Waals surface area contributed by atoms with Gasteiger partial charge in [-0.2, -0.15) is 0 Å². The molecule has 0 aromatic carbocycles. The minimum absolute atomic E-state index is 0.0270. The number of amides is 1. The Hall–Kier alpha value is -0.570. The van der Waals surface area contributed by atoms with Gasteiger partial charge in [0, 0.05) is 6.54 Å². The minimum Gasteiger partial charge on any atom is -0.355 e. The fourth-order valence-corrected chi connectivity index (χ4v) is 2.04. The molecule has 1 amide bonds. The van der Waals surface area contributed by atoms with Crippen LogP contribution in [0.25, 0.3) is 0 Å². The number of nitrogens with one attached hydrogen (secondary N) is 1. The Morgan fingerprint density at radius 3 is 2.64 bits per heavy atom. The molecule has 1 aliphatic rings. The summed E-state index contributed by atoms with van der Waals surface area (Å²) in [5.41, 5.74) is 5.44. The molecular weight excluding hydrogens is 176 g/mol. The number of hydrogen-bond donors (Lipinski definition) is 2. The molecule has 0 heterocycles. The Morgan fingerprint density at radius 1 is 1.43 bits per heavy atom. The third-order valence-electron chi connectivity index (χ3n) is 2.99. The molecule has 1 rings (SSSR count). The lowest BCUT2D eigenvalue weighted by Gasteiger charge is -2.21. The van der Waals surface area contributed by atoms with E-state index in [9.17, 15) is 4.79 Å². The molecule has 0 bridgehead atoms. The SMILES string of the molecule is C[C@@H](N)C(=O)NCCC1CCCCC1. The molecule has 1 fully saturated rings. The van der Waals surface area contributed by atoms with Gasteiger partial charge in [0.25, 0.3) is 0 Å². The van der Waals surface area contributed by atoms with E-state index >= 15 is 0 Å². The lowest BCUT2D eigenvalue weighted by molar-refractivity contribution is -0.122. The van der Waals surface area contributed by atoms with Crippen LogP contribution in [0.2, 0.25) is 0 Å². The Bertz CT molecular complexity index is 174. The molecule has 1 aliphatic carbocycles. The number of carbonyl (C=O) groups excluding carboxylic acids is 1. The van der Waals surface area contributed by atoms with Gasteiger partial charge < -0.3 is 11.1 Å². The van der Waals surface area contributed by atoms with Crippen LogP contribution in [-0.2, 0) is 4.79 Å². The molecule has 0 radical (unpaired) electrons. The highest BCUT2D eigenvalue weighted by molar-refractivity contribution is 5.80. The van der Waals surface area contributed by atoms with Crippen LogP contribution in [0.1, 0.15) is 45.4 Å². The van der Waals surface area contributed by atoms with Crippen molar-refractivity contribution in [1.29, 1.82) is 0 Å². The molecule has 3 N–H and O–H groups in total. The van der Waals surface area contributed by atoms with Crippen molar-refractivity contribution in [3.63, 3.8) is 0 Å². The number of carbonyl (C=O) groups is 1. The highest BCUT2D eigenvalue weighted by Crippen LogP contribution is 2.25. The molecule has 0 saturated heterocycles. The first-order valence-corrected chi connectivity index (χ1v) is 5.73. The third kappa shape index (κ3) is 4.09. The molecule has 0 aliphatic heterocycles. The van der Waals surface area contributed by atoms with E-state index in [1.807, 2.05) is 0 Å². The second kappa shape index (κ2) is 6.02. The van der Waals surface area contributed by atoms with Crippen molar-refractivity contribution in [3.05, 3.63) is 0 Å². The van der Waals surface area contributed by atoms with Crippen molar-refractivity contribution in [3.8, 4) is 0 Å². The van der Waals surface area contributed by atoms with E-state index in [0.29, 0.717) is 0 Å². The monoisotopic (exact) mass is 198 g/mol. The molecule has 3 heteroatoms. The maximum absolute atomic E-state index is 11.1. The lowest BCUT2D eigenvalue weighted by atomic mass is 9.87. The Morgan fingerprint density at radius 2 is 2.07 bits per heavy atom. The highest BCUT2D eigenvalue weighted by atomic mass is 16.2. The summed E-state index contributed by atoms with van der Waals surface area (Å²) >= 11 is 0. The van der Waals surface area contributed by atoms with Crippen molar-refractivity contribution in [2.24, 2.45) is 11.7 Å². The predicted octanol–water partition coefficient (Wildman–Crippen LogP) is 1.42. The van der Waals surface area contributed by atoms with Crippen molar-refractivity contribution in [2.75, 3.05) is 6.54 Å². The zero-order valence-corrected chi connectivity index (χ0v) is 9.09. The van der Waals surface area contributed by atoms with Gasteiger partial charge in [-0.25, -0.2) is 0 Å². The summed E-state index contributed by atoms with van der Waals surface area (Å²) in [6.45, 7) is 2.51. The van der Waals surface area contributed by atoms with Crippen LogP contribution in [-0.4, -0.2) is 18.5 Å². The van der Waals surface area contributed by atoms with E-state index in [4.69, 9.17) is 5.73 Å². The van der Waals surface area contributed by atoms with Gasteiger partial charge >= 0.3 is 0 Å². The van der Waals surface area contributed by atoms with Crippen LogP contribution in [0.4, 0.5) is 0 Å². The van der Waals surface area contributed by atoms with Gasteiger partial charge in [0.2, 0.25) is 5.91 Å². The van der Waals surface area contributed by atoms with Crippen LogP contribution in [0.3, 0.4) is 0 Å². The quantitative estimate of drug-likeness (QED) is 0.718. The summed E-state index contributed by atoms with van der Waals surface area (Å²) in [6, 6.07) is -0.374. The first-order chi connectivity index (χ1) is 6.70. The number of rotatable bonds is 4. The van der Waals surface area contributed by atoms with Gasteiger partial charge in [0.05, 0.1) is 6.04 Å². The lowest BCUT2D eigenvalue weighted by Crippen LogP contribution is -2.39. The summed E-state index contributed by atoms with van der Waals surface area (Å²) in [5, 5.41) is 2.87. The molecule has 0 spiro atoms. The topological polar surface area (TPSA) is 55.1 Å². The van der Waals surface area contributed by atoms with Gasteiger partial charge in [-0.05, 0) is 19.3 Å². The van der Waals surface area contributed by atoms with Crippen molar-refractivity contribution in [2.45, 2.75) is 51.5 Å². The zero-order chi connectivity index (χ0) is 10.4. The van der Waals surface area contributed by atoms with Crippen molar-refractivity contribution in [1.82, 2.24) is 5.32 Å². The second-order valence-corrected chi connectivity index (χ2v) is 4.37. The Kier molecular flexibility index (Phi) is 4.94. The van der Waals surface area contributed by atoms with E-state index in [-0.39, 0.29) is 11.9 Å². The summed E-state index contributed by atoms with van der Waals surface area (Å²) in [7, 11) is 0. The first-order valence-electron chi connectivity index (χ1n) is 5.73. The van der Waals surface area contributed by atoms with Crippen LogP contribution in [0, 0.1) is 5.92 Å².